The van der Waals surface area contributed by atoms with Crippen LogP contribution < -0.4 is 9.64 Å². The molecule has 5 heteroatoms. The van der Waals surface area contributed by atoms with E-state index in [1.807, 2.05) is 23.1 Å². The maximum atomic E-state index is 12.7. The molecule has 2 aliphatic heterocycles. The molecule has 0 spiro atoms. The first kappa shape index (κ1) is 15.3. The highest BCUT2D eigenvalue weighted by Gasteiger charge is 2.26. The summed E-state index contributed by atoms with van der Waals surface area (Å²) in [6.07, 6.45) is 2.22. The number of carbonyl (C=O) groups excluding carboxylic acids is 1. The number of ether oxygens (including phenoxy) is 2. The first-order valence-corrected chi connectivity index (χ1v) is 7.98. The van der Waals surface area contributed by atoms with Crippen molar-refractivity contribution in [1.29, 1.82) is 0 Å². The number of benzene rings is 1. The minimum absolute atomic E-state index is 0.181. The molecule has 1 saturated heterocycles. The minimum atomic E-state index is 0.181. The van der Waals surface area contributed by atoms with Crippen LogP contribution in [0, 0.1) is 0 Å². The molecule has 0 aromatic heterocycles. The van der Waals surface area contributed by atoms with Crippen molar-refractivity contribution < 1.29 is 14.3 Å². The third-order valence-electron chi connectivity index (χ3n) is 4.39. The van der Waals surface area contributed by atoms with Crippen LogP contribution >= 0.6 is 0 Å². The lowest BCUT2D eigenvalue weighted by molar-refractivity contribution is -0.121. The Hall–Kier alpha value is -1.59. The fraction of sp³-hybridized carbons (Fsp3) is 0.588. The van der Waals surface area contributed by atoms with E-state index in [0.717, 1.165) is 43.9 Å². The first-order chi connectivity index (χ1) is 10.7. The van der Waals surface area contributed by atoms with Gasteiger partial charge >= 0.3 is 0 Å². The lowest BCUT2D eigenvalue weighted by atomic mass is 10.0. The topological polar surface area (TPSA) is 42.0 Å². The number of nitrogens with zero attached hydrogens (tertiary/aromatic N) is 2. The van der Waals surface area contributed by atoms with Gasteiger partial charge in [-0.2, -0.15) is 0 Å². The van der Waals surface area contributed by atoms with Crippen LogP contribution in [0.25, 0.3) is 0 Å². The van der Waals surface area contributed by atoms with Gasteiger partial charge in [0.1, 0.15) is 5.75 Å². The number of carbonyl (C=O) groups is 1. The summed E-state index contributed by atoms with van der Waals surface area (Å²) in [5.41, 5.74) is 2.24. The van der Waals surface area contributed by atoms with Crippen LogP contribution in [-0.4, -0.2) is 56.8 Å². The summed E-state index contributed by atoms with van der Waals surface area (Å²) in [6, 6.07) is 5.99. The fourth-order valence-electron chi connectivity index (χ4n) is 3.27. The van der Waals surface area contributed by atoms with Gasteiger partial charge in [0.25, 0.3) is 0 Å². The Balaban J connectivity index is 1.71. The van der Waals surface area contributed by atoms with Gasteiger partial charge in [-0.1, -0.05) is 0 Å². The second-order valence-corrected chi connectivity index (χ2v) is 6.06. The van der Waals surface area contributed by atoms with E-state index < -0.39 is 0 Å². The molecule has 0 bridgehead atoms. The minimum Gasteiger partial charge on any atom is -0.497 e. The number of hydrogen-bond donors (Lipinski definition) is 0. The third kappa shape index (κ3) is 3.25. The van der Waals surface area contributed by atoms with Crippen molar-refractivity contribution in [2.45, 2.75) is 25.9 Å². The second-order valence-electron chi connectivity index (χ2n) is 6.06. The number of rotatable bonds is 3. The fourth-order valence-corrected chi connectivity index (χ4v) is 3.27. The number of methoxy groups -OCH3 is 1. The van der Waals surface area contributed by atoms with E-state index >= 15 is 0 Å². The molecular formula is C17H24N2O3. The van der Waals surface area contributed by atoms with Gasteiger partial charge in [0.15, 0.2) is 0 Å². The summed E-state index contributed by atoms with van der Waals surface area (Å²) in [4.78, 5) is 16.8. The predicted molar refractivity (Wildman–Crippen MR) is 85.5 cm³/mol. The van der Waals surface area contributed by atoms with Crippen molar-refractivity contribution in [3.8, 4) is 5.75 Å². The highest BCUT2D eigenvalue weighted by molar-refractivity contribution is 5.96. The van der Waals surface area contributed by atoms with E-state index in [2.05, 4.69) is 11.8 Å². The van der Waals surface area contributed by atoms with Gasteiger partial charge < -0.3 is 14.4 Å². The maximum absolute atomic E-state index is 12.7. The quantitative estimate of drug-likeness (QED) is 0.852. The van der Waals surface area contributed by atoms with Gasteiger partial charge in [0.05, 0.1) is 26.4 Å². The van der Waals surface area contributed by atoms with Crippen molar-refractivity contribution in [2.75, 3.05) is 44.8 Å². The lowest BCUT2D eigenvalue weighted by Crippen LogP contribution is -2.48. The first-order valence-electron chi connectivity index (χ1n) is 7.98. The summed E-state index contributed by atoms with van der Waals surface area (Å²) in [7, 11) is 1.67. The Morgan fingerprint density at radius 2 is 2.27 bits per heavy atom. The zero-order valence-electron chi connectivity index (χ0n) is 13.4. The molecule has 1 atom stereocenters. The summed E-state index contributed by atoms with van der Waals surface area (Å²) in [6.45, 7) is 5.70. The second kappa shape index (κ2) is 6.67. The summed E-state index contributed by atoms with van der Waals surface area (Å²) in [5, 5.41) is 0. The van der Waals surface area contributed by atoms with Crippen LogP contribution in [0.2, 0.25) is 0 Å². The average molecular weight is 304 g/mol. The van der Waals surface area contributed by atoms with E-state index in [0.29, 0.717) is 13.2 Å². The van der Waals surface area contributed by atoms with Gasteiger partial charge in [-0.15, -0.1) is 0 Å². The number of aryl methyl sites for hydroxylation is 1. The molecule has 1 fully saturated rings. The van der Waals surface area contributed by atoms with Crippen molar-refractivity contribution in [2.24, 2.45) is 0 Å². The number of morpholine rings is 1. The van der Waals surface area contributed by atoms with E-state index in [1.54, 1.807) is 7.11 Å². The van der Waals surface area contributed by atoms with Crippen LogP contribution in [0.3, 0.4) is 0 Å². The number of anilines is 1. The molecular weight excluding hydrogens is 280 g/mol. The van der Waals surface area contributed by atoms with Gasteiger partial charge in [-0.05, 0) is 43.5 Å². The SMILES string of the molecule is COc1ccc2c(c1)CCCN2C(=O)CN1CCO[C@H](C)C1. The summed E-state index contributed by atoms with van der Waals surface area (Å²) in [5.74, 6) is 1.04. The number of fused-ring (bicyclic) bond motifs is 1. The van der Waals surface area contributed by atoms with E-state index in [9.17, 15) is 4.79 Å². The number of amides is 1. The predicted octanol–water partition coefficient (Wildman–Crippen LogP) is 1.70. The average Bonchev–Trinajstić information content (AvgIpc) is 2.53. The Kier molecular flexibility index (Phi) is 4.64. The maximum Gasteiger partial charge on any atom is 0.241 e. The zero-order valence-corrected chi connectivity index (χ0v) is 13.4. The zero-order chi connectivity index (χ0) is 15.5. The van der Waals surface area contributed by atoms with Crippen LogP contribution in [0.1, 0.15) is 18.9 Å². The standard InChI is InChI=1S/C17H24N2O3/c1-13-11-18(8-9-22-13)12-17(20)19-7-3-4-14-10-15(21-2)5-6-16(14)19/h5-6,10,13H,3-4,7-9,11-12H2,1-2H3/t13-/m1/s1. The van der Waals surface area contributed by atoms with Crippen LogP contribution in [-0.2, 0) is 16.0 Å². The third-order valence-corrected chi connectivity index (χ3v) is 4.39. The molecule has 5 nitrogen and oxygen atoms in total. The molecule has 120 valence electrons. The molecule has 1 amide bonds. The molecule has 3 rings (SSSR count). The van der Waals surface area contributed by atoms with Crippen LogP contribution in [0.5, 0.6) is 5.75 Å². The summed E-state index contributed by atoms with van der Waals surface area (Å²) < 4.78 is 10.8. The Morgan fingerprint density at radius 1 is 1.41 bits per heavy atom. The number of hydrogen-bond acceptors (Lipinski definition) is 4. The molecule has 0 saturated carbocycles. The van der Waals surface area contributed by atoms with E-state index in [1.165, 1.54) is 5.56 Å². The largest absolute Gasteiger partial charge is 0.497 e. The van der Waals surface area contributed by atoms with Gasteiger partial charge in [0, 0.05) is 25.3 Å². The molecule has 0 aliphatic carbocycles. The Morgan fingerprint density at radius 3 is 3.05 bits per heavy atom. The van der Waals surface area contributed by atoms with Crippen molar-refractivity contribution in [1.82, 2.24) is 4.90 Å². The monoisotopic (exact) mass is 304 g/mol. The van der Waals surface area contributed by atoms with E-state index in [4.69, 9.17) is 9.47 Å². The molecule has 0 radical (unpaired) electrons. The van der Waals surface area contributed by atoms with Crippen LogP contribution in [0.4, 0.5) is 5.69 Å². The normalized spacial score (nSPS) is 22.3. The molecule has 1 aromatic carbocycles. The van der Waals surface area contributed by atoms with Crippen molar-refractivity contribution in [3.05, 3.63) is 23.8 Å². The van der Waals surface area contributed by atoms with Crippen molar-refractivity contribution in [3.63, 3.8) is 0 Å². The van der Waals surface area contributed by atoms with Gasteiger partial charge in [0.2, 0.25) is 5.91 Å². The lowest BCUT2D eigenvalue weighted by Gasteiger charge is -2.34. The van der Waals surface area contributed by atoms with E-state index in [-0.39, 0.29) is 12.0 Å². The molecule has 1 aromatic rings. The van der Waals surface area contributed by atoms with Crippen LogP contribution in [0.15, 0.2) is 18.2 Å². The molecule has 0 unspecified atom stereocenters. The molecule has 22 heavy (non-hydrogen) atoms. The van der Waals surface area contributed by atoms with Gasteiger partial charge in [-0.25, -0.2) is 0 Å². The molecule has 0 N–H and O–H groups in total. The smallest absolute Gasteiger partial charge is 0.241 e. The molecule has 2 aliphatic rings. The Bertz CT molecular complexity index is 547. The molecule has 2 heterocycles. The van der Waals surface area contributed by atoms with Crippen molar-refractivity contribution >= 4 is 11.6 Å². The summed E-state index contributed by atoms with van der Waals surface area (Å²) >= 11 is 0. The highest BCUT2D eigenvalue weighted by Crippen LogP contribution is 2.30. The highest BCUT2D eigenvalue weighted by atomic mass is 16.5. The van der Waals surface area contributed by atoms with Gasteiger partial charge in [-0.3, -0.25) is 9.69 Å². The Labute approximate surface area is 131 Å².